The van der Waals surface area contributed by atoms with E-state index in [0.717, 1.165) is 37.9 Å². The highest BCUT2D eigenvalue weighted by molar-refractivity contribution is 7.07. The molecule has 0 bridgehead atoms. The second-order valence-corrected chi connectivity index (χ2v) is 7.14. The van der Waals surface area contributed by atoms with Gasteiger partial charge in [0.2, 0.25) is 0 Å². The van der Waals surface area contributed by atoms with Crippen molar-refractivity contribution >= 4 is 17.4 Å². The van der Waals surface area contributed by atoms with Crippen molar-refractivity contribution in [1.82, 2.24) is 10.6 Å². The number of aliphatic hydroxyl groups is 1. The molecule has 2 atom stereocenters. The van der Waals surface area contributed by atoms with E-state index in [9.17, 15) is 9.90 Å². The Kier molecular flexibility index (Phi) is 5.00. The van der Waals surface area contributed by atoms with Gasteiger partial charge in [-0.1, -0.05) is 12.8 Å². The van der Waals surface area contributed by atoms with Gasteiger partial charge >= 0.3 is 6.03 Å². The lowest BCUT2D eigenvalue weighted by atomic mass is 9.89. The highest BCUT2D eigenvalue weighted by Crippen LogP contribution is 2.39. The lowest BCUT2D eigenvalue weighted by Crippen LogP contribution is -2.50. The monoisotopic (exact) mass is 324 g/mol. The van der Waals surface area contributed by atoms with Crippen molar-refractivity contribution in [2.75, 3.05) is 13.2 Å². The summed E-state index contributed by atoms with van der Waals surface area (Å²) in [7, 11) is 0. The molecule has 0 radical (unpaired) electrons. The molecular weight excluding hydrogens is 300 g/mol. The van der Waals surface area contributed by atoms with Crippen LogP contribution in [0.1, 0.15) is 50.2 Å². The number of hydrogen-bond acceptors (Lipinski definition) is 4. The van der Waals surface area contributed by atoms with Crippen LogP contribution < -0.4 is 10.6 Å². The topological polar surface area (TPSA) is 70.6 Å². The molecular formula is C16H24N2O3S. The molecule has 2 amide bonds. The number of ether oxygens (including phenoxy) is 1. The van der Waals surface area contributed by atoms with Crippen LogP contribution in [-0.2, 0) is 4.74 Å². The molecule has 6 heteroatoms. The Labute approximate surface area is 135 Å². The Balaban J connectivity index is 1.43. The second-order valence-electron chi connectivity index (χ2n) is 6.36. The van der Waals surface area contributed by atoms with Crippen molar-refractivity contribution in [3.63, 3.8) is 0 Å². The predicted octanol–water partition coefficient (Wildman–Crippen LogP) is 2.57. The molecule has 1 aliphatic carbocycles. The van der Waals surface area contributed by atoms with E-state index in [-0.39, 0.29) is 24.2 Å². The Hall–Kier alpha value is -1.11. The Morgan fingerprint density at radius 3 is 3.05 bits per heavy atom. The number of urea groups is 1. The summed E-state index contributed by atoms with van der Waals surface area (Å²) in [4.78, 5) is 12.0. The average molecular weight is 324 g/mol. The molecule has 5 nitrogen and oxygen atoms in total. The normalized spacial score (nSPS) is 25.0. The molecule has 3 rings (SSSR count). The zero-order chi connectivity index (χ0) is 15.4. The maximum Gasteiger partial charge on any atom is 0.315 e. The Morgan fingerprint density at radius 1 is 1.50 bits per heavy atom. The number of amides is 2. The van der Waals surface area contributed by atoms with Gasteiger partial charge in [0.1, 0.15) is 0 Å². The molecule has 2 fully saturated rings. The predicted molar refractivity (Wildman–Crippen MR) is 86.0 cm³/mol. The van der Waals surface area contributed by atoms with Gasteiger partial charge in [0.15, 0.2) is 0 Å². The standard InChI is InChI=1S/C16H24N2O3S/c19-14(12-4-8-22-11-12)10-17-15(20)18-13-3-7-21-16(9-13)5-1-2-6-16/h4,8,11,13-14,19H,1-3,5-7,9-10H2,(H2,17,18,20). The van der Waals surface area contributed by atoms with Crippen molar-refractivity contribution < 1.29 is 14.6 Å². The first-order valence-electron chi connectivity index (χ1n) is 8.05. The Bertz CT molecular complexity index is 486. The quantitative estimate of drug-likeness (QED) is 0.797. The molecule has 1 saturated carbocycles. The molecule has 2 aliphatic rings. The van der Waals surface area contributed by atoms with Crippen LogP contribution >= 0.6 is 11.3 Å². The van der Waals surface area contributed by atoms with Gasteiger partial charge in [-0.3, -0.25) is 0 Å². The van der Waals surface area contributed by atoms with Crippen LogP contribution in [0.2, 0.25) is 0 Å². The fourth-order valence-electron chi connectivity index (χ4n) is 3.53. The third-order valence-corrected chi connectivity index (χ3v) is 5.43. The number of carbonyl (C=O) groups is 1. The first-order chi connectivity index (χ1) is 10.7. The van der Waals surface area contributed by atoms with Gasteiger partial charge in [0.05, 0.1) is 11.7 Å². The van der Waals surface area contributed by atoms with Gasteiger partial charge in [-0.05, 0) is 48.1 Å². The first-order valence-corrected chi connectivity index (χ1v) is 9.00. The van der Waals surface area contributed by atoms with E-state index < -0.39 is 6.10 Å². The highest BCUT2D eigenvalue weighted by atomic mass is 32.1. The van der Waals surface area contributed by atoms with Crippen LogP contribution in [0, 0.1) is 0 Å². The van der Waals surface area contributed by atoms with E-state index in [1.54, 1.807) is 0 Å². The highest BCUT2D eigenvalue weighted by Gasteiger charge is 2.40. The van der Waals surface area contributed by atoms with E-state index in [0.29, 0.717) is 0 Å². The van der Waals surface area contributed by atoms with Crippen LogP contribution in [0.15, 0.2) is 16.8 Å². The minimum Gasteiger partial charge on any atom is -0.387 e. The molecule has 122 valence electrons. The number of rotatable bonds is 4. The molecule has 2 heterocycles. The number of thiophene rings is 1. The van der Waals surface area contributed by atoms with Crippen LogP contribution in [0.4, 0.5) is 4.79 Å². The van der Waals surface area contributed by atoms with Crippen LogP contribution in [0.25, 0.3) is 0 Å². The minimum atomic E-state index is -0.645. The van der Waals surface area contributed by atoms with E-state index >= 15 is 0 Å². The van der Waals surface area contributed by atoms with Gasteiger partial charge in [-0.2, -0.15) is 11.3 Å². The molecule has 2 unspecified atom stereocenters. The first kappa shape index (κ1) is 15.8. The molecule has 3 N–H and O–H groups in total. The van der Waals surface area contributed by atoms with Crippen molar-refractivity contribution in [2.45, 2.75) is 56.3 Å². The van der Waals surface area contributed by atoms with Gasteiger partial charge in [-0.15, -0.1) is 0 Å². The number of hydrogen-bond donors (Lipinski definition) is 3. The van der Waals surface area contributed by atoms with E-state index in [1.807, 2.05) is 16.8 Å². The molecule has 1 saturated heterocycles. The second kappa shape index (κ2) is 6.98. The average Bonchev–Trinajstić information content (AvgIpc) is 3.17. The number of carbonyl (C=O) groups excluding carboxylic acids is 1. The summed E-state index contributed by atoms with van der Waals surface area (Å²) in [5, 5.41) is 19.6. The summed E-state index contributed by atoms with van der Waals surface area (Å²) in [6.45, 7) is 0.958. The SMILES string of the molecule is O=C(NCC(O)c1ccsc1)NC1CCOC2(CCCC2)C1. The summed E-state index contributed by atoms with van der Waals surface area (Å²) in [6, 6.07) is 1.84. The zero-order valence-corrected chi connectivity index (χ0v) is 13.5. The lowest BCUT2D eigenvalue weighted by Gasteiger charge is -2.38. The van der Waals surface area contributed by atoms with Crippen LogP contribution in [0.3, 0.4) is 0 Å². The lowest BCUT2D eigenvalue weighted by molar-refractivity contribution is -0.0820. The summed E-state index contributed by atoms with van der Waals surface area (Å²) in [6.07, 6.45) is 5.81. The fraction of sp³-hybridized carbons (Fsp3) is 0.688. The smallest absolute Gasteiger partial charge is 0.315 e. The fourth-order valence-corrected chi connectivity index (χ4v) is 4.23. The third kappa shape index (κ3) is 3.80. The van der Waals surface area contributed by atoms with Crippen LogP contribution in [-0.4, -0.2) is 35.9 Å². The molecule has 0 aromatic carbocycles. The van der Waals surface area contributed by atoms with E-state index in [4.69, 9.17) is 4.74 Å². The van der Waals surface area contributed by atoms with Gasteiger partial charge in [0.25, 0.3) is 0 Å². The van der Waals surface area contributed by atoms with Crippen molar-refractivity contribution in [3.05, 3.63) is 22.4 Å². The molecule has 1 aromatic rings. The third-order valence-electron chi connectivity index (χ3n) is 4.73. The largest absolute Gasteiger partial charge is 0.387 e. The van der Waals surface area contributed by atoms with E-state index in [1.165, 1.54) is 24.2 Å². The van der Waals surface area contributed by atoms with Gasteiger partial charge in [0, 0.05) is 19.2 Å². The Morgan fingerprint density at radius 2 is 2.32 bits per heavy atom. The molecule has 22 heavy (non-hydrogen) atoms. The zero-order valence-electron chi connectivity index (χ0n) is 12.7. The van der Waals surface area contributed by atoms with Gasteiger partial charge in [-0.25, -0.2) is 4.79 Å². The maximum atomic E-state index is 12.0. The number of nitrogens with one attached hydrogen (secondary N) is 2. The molecule has 1 aromatic heterocycles. The summed E-state index contributed by atoms with van der Waals surface area (Å²) in [5.74, 6) is 0. The van der Waals surface area contributed by atoms with Crippen LogP contribution in [0.5, 0.6) is 0 Å². The molecule has 1 aliphatic heterocycles. The summed E-state index contributed by atoms with van der Waals surface area (Å²) < 4.78 is 5.97. The summed E-state index contributed by atoms with van der Waals surface area (Å²) >= 11 is 1.54. The van der Waals surface area contributed by atoms with Crippen molar-refractivity contribution in [2.24, 2.45) is 0 Å². The van der Waals surface area contributed by atoms with Crippen molar-refractivity contribution in [3.8, 4) is 0 Å². The molecule has 1 spiro atoms. The summed E-state index contributed by atoms with van der Waals surface area (Å²) in [5.41, 5.74) is 0.855. The van der Waals surface area contributed by atoms with Crippen molar-refractivity contribution in [1.29, 1.82) is 0 Å². The minimum absolute atomic E-state index is 0.00634. The maximum absolute atomic E-state index is 12.0. The van der Waals surface area contributed by atoms with E-state index in [2.05, 4.69) is 10.6 Å². The number of aliphatic hydroxyl groups excluding tert-OH is 1. The van der Waals surface area contributed by atoms with Gasteiger partial charge < -0.3 is 20.5 Å².